The van der Waals surface area contributed by atoms with Crippen LogP contribution in [0.4, 0.5) is 0 Å². The molecule has 19 heavy (non-hydrogen) atoms. The van der Waals surface area contributed by atoms with E-state index in [1.54, 1.807) is 0 Å². The van der Waals surface area contributed by atoms with Crippen LogP contribution in [0.15, 0.2) is 17.7 Å². The lowest BCUT2D eigenvalue weighted by Crippen LogP contribution is -2.29. The lowest BCUT2D eigenvalue weighted by Gasteiger charge is -2.10. The van der Waals surface area contributed by atoms with Gasteiger partial charge in [-0.2, -0.15) is 0 Å². The Morgan fingerprint density at radius 3 is 2.26 bits per heavy atom. The molecule has 1 aromatic carbocycles. The number of carbonyl (C=O) groups is 2. The van der Waals surface area contributed by atoms with E-state index in [4.69, 9.17) is 0 Å². The van der Waals surface area contributed by atoms with Gasteiger partial charge in [-0.25, -0.2) is 0 Å². The van der Waals surface area contributed by atoms with Crippen LogP contribution in [0.3, 0.4) is 0 Å². The van der Waals surface area contributed by atoms with Crippen LogP contribution in [0.1, 0.15) is 35.6 Å². The maximum Gasteiger partial charge on any atom is 0.256 e. The van der Waals surface area contributed by atoms with Crippen molar-refractivity contribution in [1.82, 2.24) is 4.90 Å². The SMILES string of the molecule is CC(=O)N1CC/C(=C/c2c(C)cc(C)cc2C)C1=O. The summed E-state index contributed by atoms with van der Waals surface area (Å²) in [4.78, 5) is 24.7. The summed E-state index contributed by atoms with van der Waals surface area (Å²) in [5.41, 5.74) is 5.38. The highest BCUT2D eigenvalue weighted by Gasteiger charge is 2.28. The van der Waals surface area contributed by atoms with Crippen LogP contribution in [-0.4, -0.2) is 23.3 Å². The second-order valence-electron chi connectivity index (χ2n) is 5.21. The number of aryl methyl sites for hydroxylation is 3. The Morgan fingerprint density at radius 1 is 1.21 bits per heavy atom. The van der Waals surface area contributed by atoms with Gasteiger partial charge in [-0.05, 0) is 50.0 Å². The van der Waals surface area contributed by atoms with Gasteiger partial charge in [0.15, 0.2) is 0 Å². The van der Waals surface area contributed by atoms with Crippen molar-refractivity contribution in [3.8, 4) is 0 Å². The van der Waals surface area contributed by atoms with Crippen LogP contribution in [0.5, 0.6) is 0 Å². The van der Waals surface area contributed by atoms with Crippen molar-refractivity contribution in [3.05, 3.63) is 40.0 Å². The molecule has 0 atom stereocenters. The fraction of sp³-hybridized carbons (Fsp3) is 0.375. The summed E-state index contributed by atoms with van der Waals surface area (Å²) >= 11 is 0. The van der Waals surface area contributed by atoms with Crippen LogP contribution in [0, 0.1) is 20.8 Å². The first-order chi connectivity index (χ1) is 8.90. The van der Waals surface area contributed by atoms with Gasteiger partial charge in [0.25, 0.3) is 5.91 Å². The second kappa shape index (κ2) is 5.00. The number of imide groups is 1. The van der Waals surface area contributed by atoms with E-state index in [1.807, 2.05) is 6.08 Å². The van der Waals surface area contributed by atoms with Crippen LogP contribution >= 0.6 is 0 Å². The smallest absolute Gasteiger partial charge is 0.256 e. The zero-order valence-electron chi connectivity index (χ0n) is 11.9. The van der Waals surface area contributed by atoms with E-state index < -0.39 is 0 Å². The molecular formula is C16H19NO2. The monoisotopic (exact) mass is 257 g/mol. The minimum absolute atomic E-state index is 0.146. The lowest BCUT2D eigenvalue weighted by molar-refractivity contribution is -0.138. The number of hydrogen-bond donors (Lipinski definition) is 0. The molecule has 0 aromatic heterocycles. The molecule has 0 spiro atoms. The summed E-state index contributed by atoms with van der Waals surface area (Å²) in [6.07, 6.45) is 2.58. The number of likely N-dealkylation sites (tertiary alicyclic amines) is 1. The molecule has 0 saturated carbocycles. The molecule has 1 aliphatic rings. The Hall–Kier alpha value is -1.90. The van der Waals surface area contributed by atoms with Gasteiger partial charge in [0.2, 0.25) is 5.91 Å². The molecular weight excluding hydrogens is 238 g/mol. The summed E-state index contributed by atoms with van der Waals surface area (Å²) in [6.45, 7) is 8.10. The molecule has 1 fully saturated rings. The third kappa shape index (κ3) is 2.60. The van der Waals surface area contributed by atoms with Gasteiger partial charge in [-0.15, -0.1) is 0 Å². The average molecular weight is 257 g/mol. The molecule has 100 valence electrons. The first-order valence-electron chi connectivity index (χ1n) is 6.51. The number of rotatable bonds is 1. The van der Waals surface area contributed by atoms with E-state index in [0.29, 0.717) is 13.0 Å². The Morgan fingerprint density at radius 2 is 1.79 bits per heavy atom. The molecule has 1 saturated heterocycles. The minimum Gasteiger partial charge on any atom is -0.279 e. The van der Waals surface area contributed by atoms with Crippen molar-refractivity contribution in [2.75, 3.05) is 6.54 Å². The van der Waals surface area contributed by atoms with Crippen molar-refractivity contribution >= 4 is 17.9 Å². The molecule has 0 radical (unpaired) electrons. The van der Waals surface area contributed by atoms with Crippen molar-refractivity contribution < 1.29 is 9.59 Å². The zero-order chi connectivity index (χ0) is 14.2. The Kier molecular flexibility index (Phi) is 3.56. The fourth-order valence-electron chi connectivity index (χ4n) is 2.64. The quantitative estimate of drug-likeness (QED) is 0.725. The topological polar surface area (TPSA) is 37.4 Å². The highest BCUT2D eigenvalue weighted by Crippen LogP contribution is 2.24. The van der Waals surface area contributed by atoms with Gasteiger partial charge in [0.1, 0.15) is 0 Å². The molecule has 2 amide bonds. The number of carbonyl (C=O) groups excluding carboxylic acids is 2. The third-order valence-corrected chi connectivity index (χ3v) is 3.56. The van der Waals surface area contributed by atoms with Gasteiger partial charge >= 0.3 is 0 Å². The first kappa shape index (κ1) is 13.5. The summed E-state index contributed by atoms with van der Waals surface area (Å²) in [5.74, 6) is -0.322. The molecule has 1 aromatic rings. The van der Waals surface area contributed by atoms with Crippen LogP contribution in [-0.2, 0) is 9.59 Å². The molecule has 0 bridgehead atoms. The third-order valence-electron chi connectivity index (χ3n) is 3.56. The second-order valence-corrected chi connectivity index (χ2v) is 5.21. The summed E-state index contributed by atoms with van der Waals surface area (Å²) in [6, 6.07) is 4.23. The van der Waals surface area contributed by atoms with E-state index in [2.05, 4.69) is 32.9 Å². The van der Waals surface area contributed by atoms with Gasteiger partial charge in [0, 0.05) is 19.0 Å². The highest BCUT2D eigenvalue weighted by atomic mass is 16.2. The Labute approximate surface area is 113 Å². The number of amides is 2. The number of nitrogens with zero attached hydrogens (tertiary/aromatic N) is 1. The zero-order valence-corrected chi connectivity index (χ0v) is 11.9. The van der Waals surface area contributed by atoms with Crippen LogP contribution < -0.4 is 0 Å². The normalized spacial score (nSPS) is 17.4. The number of benzene rings is 1. The van der Waals surface area contributed by atoms with E-state index in [0.717, 1.165) is 11.1 Å². The van der Waals surface area contributed by atoms with Crippen molar-refractivity contribution in [2.45, 2.75) is 34.1 Å². The van der Waals surface area contributed by atoms with E-state index in [1.165, 1.54) is 28.5 Å². The highest BCUT2D eigenvalue weighted by molar-refractivity contribution is 6.08. The largest absolute Gasteiger partial charge is 0.279 e. The van der Waals surface area contributed by atoms with E-state index >= 15 is 0 Å². The van der Waals surface area contributed by atoms with Crippen LogP contribution in [0.25, 0.3) is 6.08 Å². The summed E-state index contributed by atoms with van der Waals surface area (Å²) < 4.78 is 0. The molecule has 3 nitrogen and oxygen atoms in total. The summed E-state index contributed by atoms with van der Waals surface area (Å²) in [7, 11) is 0. The Bertz CT molecular complexity index is 561. The predicted molar refractivity (Wildman–Crippen MR) is 75.6 cm³/mol. The van der Waals surface area contributed by atoms with Crippen molar-refractivity contribution in [1.29, 1.82) is 0 Å². The molecule has 0 unspecified atom stereocenters. The van der Waals surface area contributed by atoms with E-state index in [9.17, 15) is 9.59 Å². The fourth-order valence-corrected chi connectivity index (χ4v) is 2.64. The Balaban J connectivity index is 2.38. The standard InChI is InChI=1S/C16H19NO2/c1-10-7-11(2)15(12(3)8-10)9-14-5-6-17(13(4)18)16(14)19/h7-9H,5-6H2,1-4H3/b14-9-. The molecule has 3 heteroatoms. The molecule has 1 heterocycles. The predicted octanol–water partition coefficient (Wildman–Crippen LogP) is 2.77. The average Bonchev–Trinajstić information content (AvgIpc) is 2.65. The maximum atomic E-state index is 12.1. The van der Waals surface area contributed by atoms with Crippen molar-refractivity contribution in [2.24, 2.45) is 0 Å². The van der Waals surface area contributed by atoms with Gasteiger partial charge in [-0.1, -0.05) is 17.7 Å². The van der Waals surface area contributed by atoms with Gasteiger partial charge in [-0.3, -0.25) is 14.5 Å². The lowest BCUT2D eigenvalue weighted by atomic mass is 9.97. The molecule has 0 N–H and O–H groups in total. The minimum atomic E-state index is -0.175. The molecule has 2 rings (SSSR count). The van der Waals surface area contributed by atoms with E-state index in [-0.39, 0.29) is 11.8 Å². The van der Waals surface area contributed by atoms with Gasteiger partial charge in [0.05, 0.1) is 0 Å². The first-order valence-corrected chi connectivity index (χ1v) is 6.51. The number of hydrogen-bond acceptors (Lipinski definition) is 2. The summed E-state index contributed by atoms with van der Waals surface area (Å²) in [5, 5.41) is 0. The van der Waals surface area contributed by atoms with Crippen molar-refractivity contribution in [3.63, 3.8) is 0 Å². The molecule has 1 aliphatic heterocycles. The molecule has 0 aliphatic carbocycles. The van der Waals surface area contributed by atoms with Gasteiger partial charge < -0.3 is 0 Å². The maximum absolute atomic E-state index is 12.1. The van der Waals surface area contributed by atoms with Crippen LogP contribution in [0.2, 0.25) is 0 Å².